The average molecular weight is 274 g/mol. The molecule has 19 heavy (non-hydrogen) atoms. The molecule has 3 aromatic rings. The minimum atomic E-state index is -0.354. The standard InChI is InChI=1S/C14H9ClFN3/c15-9-3-1-8(2-4-9)14-18-12-7-10(16)5-6-11(12)13(17)19-14/h1-7H,(H2,17,18,19). The van der Waals surface area contributed by atoms with Gasteiger partial charge in [-0.25, -0.2) is 14.4 Å². The molecule has 2 aromatic carbocycles. The smallest absolute Gasteiger partial charge is 0.162 e. The first-order chi connectivity index (χ1) is 9.13. The van der Waals surface area contributed by atoms with Crippen LogP contribution in [0.15, 0.2) is 42.5 Å². The summed E-state index contributed by atoms with van der Waals surface area (Å²) in [6.07, 6.45) is 0. The maximum atomic E-state index is 13.2. The third-order valence-corrected chi connectivity index (χ3v) is 3.04. The number of rotatable bonds is 1. The number of aromatic nitrogens is 2. The molecule has 0 radical (unpaired) electrons. The second-order valence-electron chi connectivity index (χ2n) is 4.10. The molecule has 0 amide bonds. The molecule has 3 rings (SSSR count). The van der Waals surface area contributed by atoms with Crippen LogP contribution in [-0.2, 0) is 0 Å². The summed E-state index contributed by atoms with van der Waals surface area (Å²) in [4.78, 5) is 8.55. The molecule has 1 heterocycles. The summed E-state index contributed by atoms with van der Waals surface area (Å²) < 4.78 is 13.2. The molecule has 2 N–H and O–H groups in total. The Morgan fingerprint density at radius 1 is 1.00 bits per heavy atom. The van der Waals surface area contributed by atoms with E-state index in [0.717, 1.165) is 5.56 Å². The van der Waals surface area contributed by atoms with Crippen LogP contribution in [0.5, 0.6) is 0 Å². The van der Waals surface area contributed by atoms with Crippen LogP contribution in [0, 0.1) is 5.82 Å². The molecule has 5 heteroatoms. The van der Waals surface area contributed by atoms with Crippen molar-refractivity contribution in [1.29, 1.82) is 0 Å². The molecule has 0 saturated carbocycles. The number of nitrogens with two attached hydrogens (primary N) is 1. The molecule has 0 aliphatic heterocycles. The molecule has 3 nitrogen and oxygen atoms in total. The van der Waals surface area contributed by atoms with Crippen LogP contribution in [0.2, 0.25) is 5.02 Å². The molecule has 94 valence electrons. The predicted molar refractivity (Wildman–Crippen MR) is 74.4 cm³/mol. The molecule has 0 aliphatic carbocycles. The highest BCUT2D eigenvalue weighted by molar-refractivity contribution is 6.30. The summed E-state index contributed by atoms with van der Waals surface area (Å²) in [6.45, 7) is 0. The lowest BCUT2D eigenvalue weighted by molar-refractivity contribution is 0.629. The Bertz CT molecular complexity index is 756. The Balaban J connectivity index is 2.22. The maximum absolute atomic E-state index is 13.2. The lowest BCUT2D eigenvalue weighted by Crippen LogP contribution is -1.98. The van der Waals surface area contributed by atoms with E-state index in [1.165, 1.54) is 12.1 Å². The normalized spacial score (nSPS) is 10.8. The van der Waals surface area contributed by atoms with Gasteiger partial charge in [0.05, 0.1) is 5.52 Å². The van der Waals surface area contributed by atoms with Crippen molar-refractivity contribution < 1.29 is 4.39 Å². The number of halogens is 2. The molecule has 0 unspecified atom stereocenters. The fourth-order valence-electron chi connectivity index (χ4n) is 1.86. The first-order valence-electron chi connectivity index (χ1n) is 5.62. The Kier molecular flexibility index (Phi) is 2.80. The summed E-state index contributed by atoms with van der Waals surface area (Å²) in [5.74, 6) is 0.426. The van der Waals surface area contributed by atoms with Crippen molar-refractivity contribution in [2.75, 3.05) is 5.73 Å². The van der Waals surface area contributed by atoms with E-state index < -0.39 is 0 Å². The SMILES string of the molecule is Nc1nc(-c2ccc(Cl)cc2)nc2cc(F)ccc12. The fraction of sp³-hybridized carbons (Fsp3) is 0. The van der Waals surface area contributed by atoms with Crippen molar-refractivity contribution in [1.82, 2.24) is 9.97 Å². The molecule has 0 saturated heterocycles. The van der Waals surface area contributed by atoms with Gasteiger partial charge in [0.2, 0.25) is 0 Å². The van der Waals surface area contributed by atoms with E-state index in [-0.39, 0.29) is 5.82 Å². The second kappa shape index (κ2) is 4.48. The van der Waals surface area contributed by atoms with E-state index in [1.54, 1.807) is 30.3 Å². The predicted octanol–water partition coefficient (Wildman–Crippen LogP) is 3.67. The Hall–Kier alpha value is -2.20. The van der Waals surface area contributed by atoms with Gasteiger partial charge in [0, 0.05) is 22.0 Å². The molecule has 0 spiro atoms. The third-order valence-electron chi connectivity index (χ3n) is 2.79. The lowest BCUT2D eigenvalue weighted by Gasteiger charge is -2.05. The van der Waals surface area contributed by atoms with Gasteiger partial charge in [-0.3, -0.25) is 0 Å². The number of anilines is 1. The zero-order valence-corrected chi connectivity index (χ0v) is 10.5. The molecule has 0 bridgehead atoms. The zero-order valence-electron chi connectivity index (χ0n) is 9.77. The van der Waals surface area contributed by atoms with E-state index >= 15 is 0 Å². The third kappa shape index (κ3) is 2.22. The van der Waals surface area contributed by atoms with Crippen molar-refractivity contribution in [3.05, 3.63) is 53.3 Å². The summed E-state index contributed by atoms with van der Waals surface area (Å²) >= 11 is 5.83. The molecule has 0 aliphatic rings. The second-order valence-corrected chi connectivity index (χ2v) is 4.54. The lowest BCUT2D eigenvalue weighted by atomic mass is 10.2. The van der Waals surface area contributed by atoms with Gasteiger partial charge in [-0.1, -0.05) is 11.6 Å². The number of nitrogen functional groups attached to an aromatic ring is 1. The van der Waals surface area contributed by atoms with Crippen LogP contribution in [-0.4, -0.2) is 9.97 Å². The summed E-state index contributed by atoms with van der Waals surface area (Å²) in [5.41, 5.74) is 7.14. The number of benzene rings is 2. The van der Waals surface area contributed by atoms with Gasteiger partial charge in [0.1, 0.15) is 11.6 Å². The maximum Gasteiger partial charge on any atom is 0.162 e. The zero-order chi connectivity index (χ0) is 13.4. The summed E-state index contributed by atoms with van der Waals surface area (Å²) in [6, 6.07) is 11.3. The molecular weight excluding hydrogens is 265 g/mol. The van der Waals surface area contributed by atoms with Crippen molar-refractivity contribution in [2.45, 2.75) is 0 Å². The van der Waals surface area contributed by atoms with Crippen LogP contribution >= 0.6 is 11.6 Å². The van der Waals surface area contributed by atoms with Gasteiger partial charge in [-0.15, -0.1) is 0 Å². The monoisotopic (exact) mass is 273 g/mol. The average Bonchev–Trinajstić information content (AvgIpc) is 2.38. The van der Waals surface area contributed by atoms with E-state index in [2.05, 4.69) is 9.97 Å². The van der Waals surface area contributed by atoms with E-state index in [4.69, 9.17) is 17.3 Å². The fourth-order valence-corrected chi connectivity index (χ4v) is 1.98. The van der Waals surface area contributed by atoms with Gasteiger partial charge >= 0.3 is 0 Å². The minimum Gasteiger partial charge on any atom is -0.383 e. The van der Waals surface area contributed by atoms with Crippen molar-refractivity contribution >= 4 is 28.3 Å². The van der Waals surface area contributed by atoms with Gasteiger partial charge in [0.15, 0.2) is 5.82 Å². The van der Waals surface area contributed by atoms with Crippen LogP contribution in [0.4, 0.5) is 10.2 Å². The van der Waals surface area contributed by atoms with E-state index in [1.807, 2.05) is 0 Å². The van der Waals surface area contributed by atoms with Crippen molar-refractivity contribution in [3.63, 3.8) is 0 Å². The number of hydrogen-bond donors (Lipinski definition) is 1. The van der Waals surface area contributed by atoms with Gasteiger partial charge in [-0.2, -0.15) is 0 Å². The summed E-state index contributed by atoms with van der Waals surface area (Å²) in [5, 5.41) is 1.27. The highest BCUT2D eigenvalue weighted by Crippen LogP contribution is 2.24. The largest absolute Gasteiger partial charge is 0.383 e. The summed E-state index contributed by atoms with van der Waals surface area (Å²) in [7, 11) is 0. The number of fused-ring (bicyclic) bond motifs is 1. The number of hydrogen-bond acceptors (Lipinski definition) is 3. The molecule has 0 fully saturated rings. The van der Waals surface area contributed by atoms with Gasteiger partial charge in [-0.05, 0) is 36.4 Å². The molecule has 0 atom stereocenters. The van der Waals surface area contributed by atoms with E-state index in [9.17, 15) is 4.39 Å². The van der Waals surface area contributed by atoms with Crippen LogP contribution in [0.25, 0.3) is 22.3 Å². The van der Waals surface area contributed by atoms with Gasteiger partial charge in [0.25, 0.3) is 0 Å². The highest BCUT2D eigenvalue weighted by Gasteiger charge is 2.08. The molecular formula is C14H9ClFN3. The molecule has 1 aromatic heterocycles. The van der Waals surface area contributed by atoms with Crippen molar-refractivity contribution in [2.24, 2.45) is 0 Å². The minimum absolute atomic E-state index is 0.329. The first-order valence-corrected chi connectivity index (χ1v) is 6.00. The topological polar surface area (TPSA) is 51.8 Å². The Morgan fingerprint density at radius 2 is 1.74 bits per heavy atom. The Morgan fingerprint density at radius 3 is 2.47 bits per heavy atom. The van der Waals surface area contributed by atoms with Crippen LogP contribution in [0.1, 0.15) is 0 Å². The number of nitrogens with zero attached hydrogens (tertiary/aromatic N) is 2. The van der Waals surface area contributed by atoms with E-state index in [0.29, 0.717) is 27.6 Å². The highest BCUT2D eigenvalue weighted by atomic mass is 35.5. The quantitative estimate of drug-likeness (QED) is 0.736. The van der Waals surface area contributed by atoms with Crippen LogP contribution < -0.4 is 5.73 Å². The van der Waals surface area contributed by atoms with Gasteiger partial charge < -0.3 is 5.73 Å². The Labute approximate surface area is 113 Å². The first kappa shape index (κ1) is 11.9. The van der Waals surface area contributed by atoms with Crippen molar-refractivity contribution in [3.8, 4) is 11.4 Å². The van der Waals surface area contributed by atoms with Crippen LogP contribution in [0.3, 0.4) is 0 Å².